The third-order valence-electron chi connectivity index (χ3n) is 6.11. The van der Waals surface area contributed by atoms with Gasteiger partial charge in [0.25, 0.3) is 5.91 Å². The van der Waals surface area contributed by atoms with Crippen LogP contribution in [0.25, 0.3) is 0 Å². The SMILES string of the molecule is O=C(NC1CC1)[C@H]1CCCN(C2CCN(C(=O)c3cccc(O)c3)CC2)C1. The molecule has 2 aliphatic heterocycles. The van der Waals surface area contributed by atoms with Crippen molar-refractivity contribution in [3.05, 3.63) is 29.8 Å². The number of likely N-dealkylation sites (tertiary alicyclic amines) is 2. The topological polar surface area (TPSA) is 72.9 Å². The van der Waals surface area contributed by atoms with Crippen molar-refractivity contribution in [1.82, 2.24) is 15.1 Å². The molecule has 0 aromatic heterocycles. The molecule has 6 heteroatoms. The maximum Gasteiger partial charge on any atom is 0.253 e. The lowest BCUT2D eigenvalue weighted by Crippen LogP contribution is -2.51. The number of hydrogen-bond donors (Lipinski definition) is 2. The third-order valence-corrected chi connectivity index (χ3v) is 6.11. The Bertz CT molecular complexity index is 696. The van der Waals surface area contributed by atoms with Gasteiger partial charge in [-0.05, 0) is 63.3 Å². The zero-order valence-corrected chi connectivity index (χ0v) is 15.8. The molecule has 4 rings (SSSR count). The predicted molar refractivity (Wildman–Crippen MR) is 102 cm³/mol. The summed E-state index contributed by atoms with van der Waals surface area (Å²) >= 11 is 0. The Labute approximate surface area is 160 Å². The molecule has 2 saturated heterocycles. The van der Waals surface area contributed by atoms with Crippen LogP contribution >= 0.6 is 0 Å². The van der Waals surface area contributed by atoms with Crippen molar-refractivity contribution >= 4 is 11.8 Å². The Morgan fingerprint density at radius 3 is 2.52 bits per heavy atom. The molecule has 1 aliphatic carbocycles. The van der Waals surface area contributed by atoms with Crippen LogP contribution in [0, 0.1) is 5.92 Å². The second kappa shape index (κ2) is 7.89. The first-order valence-electron chi connectivity index (χ1n) is 10.2. The Balaban J connectivity index is 1.29. The lowest BCUT2D eigenvalue weighted by Gasteiger charge is -2.42. The number of carbonyl (C=O) groups is 2. The first kappa shape index (κ1) is 18.3. The molecule has 0 radical (unpaired) electrons. The first-order valence-corrected chi connectivity index (χ1v) is 10.2. The summed E-state index contributed by atoms with van der Waals surface area (Å²) in [5.41, 5.74) is 0.545. The largest absolute Gasteiger partial charge is 0.508 e. The molecular formula is C21H29N3O3. The van der Waals surface area contributed by atoms with Gasteiger partial charge in [0, 0.05) is 37.3 Å². The first-order chi connectivity index (χ1) is 13.1. The highest BCUT2D eigenvalue weighted by atomic mass is 16.3. The van der Waals surface area contributed by atoms with Gasteiger partial charge >= 0.3 is 0 Å². The molecule has 3 fully saturated rings. The highest BCUT2D eigenvalue weighted by Crippen LogP contribution is 2.26. The Kier molecular flexibility index (Phi) is 5.34. The maximum atomic E-state index is 12.6. The quantitative estimate of drug-likeness (QED) is 0.849. The van der Waals surface area contributed by atoms with E-state index in [9.17, 15) is 14.7 Å². The highest BCUT2D eigenvalue weighted by molar-refractivity contribution is 5.94. The number of phenols is 1. The second-order valence-corrected chi connectivity index (χ2v) is 8.19. The highest BCUT2D eigenvalue weighted by Gasteiger charge is 2.34. The summed E-state index contributed by atoms with van der Waals surface area (Å²) in [7, 11) is 0. The summed E-state index contributed by atoms with van der Waals surface area (Å²) in [6.07, 6.45) is 6.22. The van der Waals surface area contributed by atoms with Gasteiger partial charge in [-0.3, -0.25) is 14.5 Å². The van der Waals surface area contributed by atoms with Gasteiger partial charge in [0.2, 0.25) is 5.91 Å². The van der Waals surface area contributed by atoms with Crippen molar-refractivity contribution in [2.24, 2.45) is 5.92 Å². The van der Waals surface area contributed by atoms with Crippen molar-refractivity contribution in [2.75, 3.05) is 26.2 Å². The number of amides is 2. The van der Waals surface area contributed by atoms with Crippen LogP contribution in [0.4, 0.5) is 0 Å². The van der Waals surface area contributed by atoms with Crippen LogP contribution in [0.1, 0.15) is 48.9 Å². The van der Waals surface area contributed by atoms with Gasteiger partial charge in [-0.15, -0.1) is 0 Å². The normalized spacial score (nSPS) is 24.6. The summed E-state index contributed by atoms with van der Waals surface area (Å²) in [5, 5.41) is 12.7. The van der Waals surface area contributed by atoms with E-state index in [-0.39, 0.29) is 23.5 Å². The van der Waals surface area contributed by atoms with E-state index in [0.717, 1.165) is 64.7 Å². The van der Waals surface area contributed by atoms with Crippen molar-refractivity contribution in [1.29, 1.82) is 0 Å². The number of benzene rings is 1. The number of carbonyl (C=O) groups excluding carboxylic acids is 2. The van der Waals surface area contributed by atoms with E-state index >= 15 is 0 Å². The average Bonchev–Trinajstić information content (AvgIpc) is 3.51. The molecule has 3 aliphatic rings. The van der Waals surface area contributed by atoms with E-state index in [1.807, 2.05) is 4.90 Å². The van der Waals surface area contributed by atoms with Gasteiger partial charge in [-0.1, -0.05) is 6.07 Å². The van der Waals surface area contributed by atoms with E-state index in [4.69, 9.17) is 0 Å². The van der Waals surface area contributed by atoms with Gasteiger partial charge < -0.3 is 15.3 Å². The van der Waals surface area contributed by atoms with E-state index in [2.05, 4.69) is 10.2 Å². The lowest BCUT2D eigenvalue weighted by atomic mass is 9.93. The average molecular weight is 371 g/mol. The summed E-state index contributed by atoms with van der Waals surface area (Å²) in [6, 6.07) is 7.45. The van der Waals surface area contributed by atoms with E-state index in [1.54, 1.807) is 18.2 Å². The van der Waals surface area contributed by atoms with Crippen LogP contribution < -0.4 is 5.32 Å². The molecule has 0 spiro atoms. The molecule has 2 amide bonds. The molecule has 2 heterocycles. The summed E-state index contributed by atoms with van der Waals surface area (Å²) in [4.78, 5) is 29.4. The molecule has 0 bridgehead atoms. The summed E-state index contributed by atoms with van der Waals surface area (Å²) in [5.74, 6) is 0.467. The molecule has 1 atom stereocenters. The molecule has 1 saturated carbocycles. The molecule has 1 aromatic rings. The van der Waals surface area contributed by atoms with Crippen molar-refractivity contribution in [2.45, 2.75) is 50.6 Å². The van der Waals surface area contributed by atoms with Crippen LogP contribution in [0.2, 0.25) is 0 Å². The van der Waals surface area contributed by atoms with E-state index in [1.165, 1.54) is 6.07 Å². The van der Waals surface area contributed by atoms with Crippen LogP contribution in [0.15, 0.2) is 24.3 Å². The van der Waals surface area contributed by atoms with Crippen LogP contribution in [0.3, 0.4) is 0 Å². The van der Waals surface area contributed by atoms with Crippen LogP contribution in [-0.2, 0) is 4.79 Å². The number of phenolic OH excluding ortho intramolecular Hbond substituents is 1. The zero-order chi connectivity index (χ0) is 18.8. The number of nitrogens with one attached hydrogen (secondary N) is 1. The minimum absolute atomic E-state index is 0.00955. The van der Waals surface area contributed by atoms with Gasteiger partial charge in [-0.2, -0.15) is 0 Å². The van der Waals surface area contributed by atoms with Crippen molar-refractivity contribution < 1.29 is 14.7 Å². The fourth-order valence-electron chi connectivity index (χ4n) is 4.35. The van der Waals surface area contributed by atoms with Gasteiger partial charge in [0.05, 0.1) is 5.92 Å². The summed E-state index contributed by atoms with van der Waals surface area (Å²) in [6.45, 7) is 3.37. The minimum Gasteiger partial charge on any atom is -0.508 e. The predicted octanol–water partition coefficient (Wildman–Crippen LogP) is 1.99. The minimum atomic E-state index is -0.00955. The smallest absolute Gasteiger partial charge is 0.253 e. The van der Waals surface area contributed by atoms with Crippen molar-refractivity contribution in [3.63, 3.8) is 0 Å². The monoisotopic (exact) mass is 371 g/mol. The zero-order valence-electron chi connectivity index (χ0n) is 15.8. The lowest BCUT2D eigenvalue weighted by molar-refractivity contribution is -0.127. The van der Waals surface area contributed by atoms with Gasteiger partial charge in [-0.25, -0.2) is 0 Å². The molecular weight excluding hydrogens is 342 g/mol. The Morgan fingerprint density at radius 1 is 1.04 bits per heavy atom. The van der Waals surface area contributed by atoms with E-state index in [0.29, 0.717) is 17.6 Å². The second-order valence-electron chi connectivity index (χ2n) is 8.19. The van der Waals surface area contributed by atoms with E-state index < -0.39 is 0 Å². The molecule has 2 N–H and O–H groups in total. The fraction of sp³-hybridized carbons (Fsp3) is 0.619. The standard InChI is InChI=1S/C21H29N3O3/c25-19-5-1-3-15(13-19)21(27)23-11-8-18(9-12-23)24-10-2-4-16(14-24)20(26)22-17-6-7-17/h1,3,5,13,16-18,25H,2,4,6-12,14H2,(H,22,26)/t16-/m0/s1. The maximum absolute atomic E-state index is 12.6. The fourth-order valence-corrected chi connectivity index (χ4v) is 4.35. The third kappa shape index (κ3) is 4.43. The molecule has 6 nitrogen and oxygen atoms in total. The van der Waals surface area contributed by atoms with Gasteiger partial charge in [0.15, 0.2) is 0 Å². The number of hydrogen-bond acceptors (Lipinski definition) is 4. The Morgan fingerprint density at radius 2 is 1.81 bits per heavy atom. The van der Waals surface area contributed by atoms with Crippen molar-refractivity contribution in [3.8, 4) is 5.75 Å². The van der Waals surface area contributed by atoms with Gasteiger partial charge in [0.1, 0.15) is 5.75 Å². The number of aromatic hydroxyl groups is 1. The molecule has 0 unspecified atom stereocenters. The Hall–Kier alpha value is -2.08. The number of piperidine rings is 2. The molecule has 146 valence electrons. The summed E-state index contributed by atoms with van der Waals surface area (Å²) < 4.78 is 0. The number of rotatable bonds is 4. The van der Waals surface area contributed by atoms with Crippen LogP contribution in [-0.4, -0.2) is 65.0 Å². The molecule has 1 aromatic carbocycles. The number of nitrogens with zero attached hydrogens (tertiary/aromatic N) is 2. The van der Waals surface area contributed by atoms with Crippen LogP contribution in [0.5, 0.6) is 5.75 Å². The molecule has 27 heavy (non-hydrogen) atoms.